The molecule has 1 aliphatic heterocycles. The van der Waals surface area contributed by atoms with Gasteiger partial charge in [0.25, 0.3) is 11.8 Å². The van der Waals surface area contributed by atoms with Crippen LogP contribution in [0.5, 0.6) is 5.75 Å². The second-order valence-electron chi connectivity index (χ2n) is 6.85. The SMILES string of the molecule is CCOC(=O)Oc1ccc(C(=O)N2CCC(CNC(=O)c3cnccn3)CC2)cc1. The third-order valence-electron chi connectivity index (χ3n) is 4.81. The first-order chi connectivity index (χ1) is 14.6. The van der Waals surface area contributed by atoms with E-state index in [-0.39, 0.29) is 18.4 Å². The van der Waals surface area contributed by atoms with Crippen molar-refractivity contribution in [1.29, 1.82) is 0 Å². The van der Waals surface area contributed by atoms with E-state index >= 15 is 0 Å². The maximum Gasteiger partial charge on any atom is 0.513 e. The van der Waals surface area contributed by atoms with Crippen LogP contribution >= 0.6 is 0 Å². The lowest BCUT2D eigenvalue weighted by Crippen LogP contribution is -2.41. The van der Waals surface area contributed by atoms with Gasteiger partial charge >= 0.3 is 6.16 Å². The summed E-state index contributed by atoms with van der Waals surface area (Å²) >= 11 is 0. The molecule has 1 aliphatic rings. The second kappa shape index (κ2) is 10.3. The van der Waals surface area contributed by atoms with Crippen LogP contribution in [0.2, 0.25) is 0 Å². The van der Waals surface area contributed by atoms with Crippen LogP contribution in [0.25, 0.3) is 0 Å². The second-order valence-corrected chi connectivity index (χ2v) is 6.85. The predicted octanol–water partition coefficient (Wildman–Crippen LogP) is 2.29. The van der Waals surface area contributed by atoms with Gasteiger partial charge in [-0.15, -0.1) is 0 Å². The number of carbonyl (C=O) groups excluding carboxylic acids is 3. The normalized spacial score (nSPS) is 14.1. The zero-order chi connectivity index (χ0) is 21.3. The van der Waals surface area contributed by atoms with Crippen LogP contribution in [0.4, 0.5) is 4.79 Å². The molecule has 1 aromatic heterocycles. The number of benzene rings is 1. The number of aromatic nitrogens is 2. The molecule has 2 aromatic rings. The number of hydrogen-bond acceptors (Lipinski definition) is 7. The maximum absolute atomic E-state index is 12.7. The quantitative estimate of drug-likeness (QED) is 0.572. The Hall–Kier alpha value is -3.49. The van der Waals surface area contributed by atoms with Crippen LogP contribution in [-0.2, 0) is 4.74 Å². The van der Waals surface area contributed by atoms with Crippen molar-refractivity contribution in [2.75, 3.05) is 26.2 Å². The molecule has 0 atom stereocenters. The van der Waals surface area contributed by atoms with Crippen molar-refractivity contribution in [3.8, 4) is 5.75 Å². The number of piperidine rings is 1. The molecule has 2 amide bonds. The van der Waals surface area contributed by atoms with Gasteiger partial charge in [0, 0.05) is 37.6 Å². The highest BCUT2D eigenvalue weighted by Crippen LogP contribution is 2.20. The van der Waals surface area contributed by atoms with Crippen molar-refractivity contribution in [3.05, 3.63) is 54.1 Å². The monoisotopic (exact) mass is 412 g/mol. The average Bonchev–Trinajstić information content (AvgIpc) is 2.78. The summed E-state index contributed by atoms with van der Waals surface area (Å²) in [5.41, 5.74) is 0.820. The average molecular weight is 412 g/mol. The minimum atomic E-state index is -0.773. The van der Waals surface area contributed by atoms with Crippen molar-refractivity contribution < 1.29 is 23.9 Å². The number of ether oxygens (including phenoxy) is 2. The van der Waals surface area contributed by atoms with E-state index in [4.69, 9.17) is 9.47 Å². The smallest absolute Gasteiger partial charge is 0.434 e. The Bertz CT molecular complexity index is 865. The van der Waals surface area contributed by atoms with Gasteiger partial charge in [0.15, 0.2) is 0 Å². The first-order valence-electron chi connectivity index (χ1n) is 9.85. The van der Waals surface area contributed by atoms with E-state index in [1.165, 1.54) is 18.6 Å². The molecule has 1 saturated heterocycles. The maximum atomic E-state index is 12.7. The molecule has 158 valence electrons. The van der Waals surface area contributed by atoms with Crippen LogP contribution in [-0.4, -0.2) is 59.1 Å². The molecular weight excluding hydrogens is 388 g/mol. The molecule has 1 aromatic carbocycles. The molecule has 0 saturated carbocycles. The number of likely N-dealkylation sites (tertiary alicyclic amines) is 1. The number of hydrogen-bond donors (Lipinski definition) is 1. The molecule has 1 N–H and O–H groups in total. The summed E-state index contributed by atoms with van der Waals surface area (Å²) in [6.07, 6.45) is 5.26. The standard InChI is InChI=1S/C21H24N4O5/c1-2-29-21(28)30-17-5-3-16(4-6-17)20(27)25-11-7-15(8-12-25)13-24-19(26)18-14-22-9-10-23-18/h3-6,9-10,14-15H,2,7-8,11-13H2,1H3,(H,24,26). The van der Waals surface area contributed by atoms with E-state index in [2.05, 4.69) is 15.3 Å². The molecule has 0 spiro atoms. The number of nitrogens with zero attached hydrogens (tertiary/aromatic N) is 3. The zero-order valence-corrected chi connectivity index (χ0v) is 16.7. The van der Waals surface area contributed by atoms with Crippen LogP contribution in [0.1, 0.15) is 40.6 Å². The van der Waals surface area contributed by atoms with Gasteiger partial charge in [-0.2, -0.15) is 0 Å². The summed E-state index contributed by atoms with van der Waals surface area (Å²) in [5, 5.41) is 2.88. The minimum absolute atomic E-state index is 0.0697. The Morgan fingerprint density at radius 3 is 2.50 bits per heavy atom. The van der Waals surface area contributed by atoms with Crippen molar-refractivity contribution in [2.24, 2.45) is 5.92 Å². The van der Waals surface area contributed by atoms with Crippen LogP contribution in [0, 0.1) is 5.92 Å². The molecular formula is C21H24N4O5. The fourth-order valence-electron chi connectivity index (χ4n) is 3.18. The van der Waals surface area contributed by atoms with Gasteiger partial charge in [-0.1, -0.05) is 0 Å². The highest BCUT2D eigenvalue weighted by molar-refractivity contribution is 5.94. The van der Waals surface area contributed by atoms with E-state index in [0.717, 1.165) is 12.8 Å². The summed E-state index contributed by atoms with van der Waals surface area (Å²) in [5.74, 6) is 0.309. The van der Waals surface area contributed by atoms with E-state index in [1.54, 1.807) is 36.1 Å². The van der Waals surface area contributed by atoms with E-state index < -0.39 is 6.16 Å². The number of rotatable bonds is 6. The molecule has 3 rings (SSSR count). The van der Waals surface area contributed by atoms with E-state index in [1.807, 2.05) is 0 Å². The Balaban J connectivity index is 1.44. The third-order valence-corrected chi connectivity index (χ3v) is 4.81. The summed E-state index contributed by atoms with van der Waals surface area (Å²) in [7, 11) is 0. The van der Waals surface area contributed by atoms with Gasteiger partial charge in [0.2, 0.25) is 0 Å². The number of carbonyl (C=O) groups is 3. The molecule has 2 heterocycles. The molecule has 1 fully saturated rings. The fourth-order valence-corrected chi connectivity index (χ4v) is 3.18. The molecule has 0 aliphatic carbocycles. The predicted molar refractivity (Wildman–Crippen MR) is 107 cm³/mol. The van der Waals surface area contributed by atoms with Crippen LogP contribution < -0.4 is 10.1 Å². The highest BCUT2D eigenvalue weighted by Gasteiger charge is 2.24. The Kier molecular flexibility index (Phi) is 7.31. The molecule has 0 unspecified atom stereocenters. The minimum Gasteiger partial charge on any atom is -0.434 e. The third kappa shape index (κ3) is 5.76. The highest BCUT2D eigenvalue weighted by atomic mass is 16.7. The van der Waals surface area contributed by atoms with Gasteiger partial charge in [-0.25, -0.2) is 9.78 Å². The molecule has 0 radical (unpaired) electrons. The van der Waals surface area contributed by atoms with Crippen molar-refractivity contribution in [1.82, 2.24) is 20.2 Å². The van der Waals surface area contributed by atoms with Gasteiger partial charge in [-0.05, 0) is 49.9 Å². The largest absolute Gasteiger partial charge is 0.513 e. The summed E-state index contributed by atoms with van der Waals surface area (Å²) < 4.78 is 9.72. The summed E-state index contributed by atoms with van der Waals surface area (Å²) in [4.78, 5) is 45.8. The zero-order valence-electron chi connectivity index (χ0n) is 16.7. The summed E-state index contributed by atoms with van der Waals surface area (Å²) in [6.45, 7) is 3.70. The lowest BCUT2D eigenvalue weighted by Gasteiger charge is -2.32. The van der Waals surface area contributed by atoms with E-state index in [9.17, 15) is 14.4 Å². The van der Waals surface area contributed by atoms with Crippen molar-refractivity contribution in [3.63, 3.8) is 0 Å². The summed E-state index contributed by atoms with van der Waals surface area (Å²) in [6, 6.07) is 6.39. The lowest BCUT2D eigenvalue weighted by molar-refractivity contribution is 0.0684. The van der Waals surface area contributed by atoms with Gasteiger partial charge in [0.05, 0.1) is 12.8 Å². The molecule has 30 heavy (non-hydrogen) atoms. The Labute approximate surface area is 174 Å². The van der Waals surface area contributed by atoms with Gasteiger partial charge in [0.1, 0.15) is 11.4 Å². The fraction of sp³-hybridized carbons (Fsp3) is 0.381. The number of amides is 2. The van der Waals surface area contributed by atoms with Crippen LogP contribution in [0.3, 0.4) is 0 Å². The Morgan fingerprint density at radius 1 is 1.13 bits per heavy atom. The Morgan fingerprint density at radius 2 is 1.87 bits per heavy atom. The lowest BCUT2D eigenvalue weighted by atomic mass is 9.96. The van der Waals surface area contributed by atoms with Crippen LogP contribution in [0.15, 0.2) is 42.9 Å². The number of nitrogens with one attached hydrogen (secondary N) is 1. The van der Waals surface area contributed by atoms with Crippen molar-refractivity contribution in [2.45, 2.75) is 19.8 Å². The van der Waals surface area contributed by atoms with Gasteiger partial charge < -0.3 is 19.7 Å². The molecule has 0 bridgehead atoms. The molecule has 9 nitrogen and oxygen atoms in total. The first-order valence-corrected chi connectivity index (χ1v) is 9.85. The van der Waals surface area contributed by atoms with Crippen molar-refractivity contribution >= 4 is 18.0 Å². The first kappa shape index (κ1) is 21.2. The van der Waals surface area contributed by atoms with Gasteiger partial charge in [-0.3, -0.25) is 14.6 Å². The molecule has 9 heteroatoms. The van der Waals surface area contributed by atoms with E-state index in [0.29, 0.717) is 42.6 Å². The topological polar surface area (TPSA) is 111 Å².